The molecule has 0 radical (unpaired) electrons. The molecule has 5 heteroatoms. The van der Waals surface area contributed by atoms with Crippen LogP contribution in [0.15, 0.2) is 48.5 Å². The van der Waals surface area contributed by atoms with Crippen molar-refractivity contribution in [2.45, 2.75) is 32.2 Å². The summed E-state index contributed by atoms with van der Waals surface area (Å²) in [6.07, 6.45) is 0. The lowest BCUT2D eigenvalue weighted by molar-refractivity contribution is 0.0231. The standard InChI is InChI=1S/C20H25FN2O2/c1-20(2)22-17(14-25-20)13-23(18-6-4-5-16(21)11-18)12-15-7-9-19(24-3)10-8-15/h4-11,17,22H,12-14H2,1-3H3/t17-/m0/s1. The first-order valence-electron chi connectivity index (χ1n) is 8.50. The molecule has 0 unspecified atom stereocenters. The normalized spacial score (nSPS) is 19.0. The lowest BCUT2D eigenvalue weighted by Crippen LogP contribution is -2.44. The smallest absolute Gasteiger partial charge is 0.125 e. The highest BCUT2D eigenvalue weighted by Crippen LogP contribution is 2.22. The van der Waals surface area contributed by atoms with E-state index in [1.807, 2.05) is 44.2 Å². The van der Waals surface area contributed by atoms with E-state index in [9.17, 15) is 4.39 Å². The first-order chi connectivity index (χ1) is 11.9. The number of nitrogens with one attached hydrogen (secondary N) is 1. The van der Waals surface area contributed by atoms with E-state index in [4.69, 9.17) is 9.47 Å². The van der Waals surface area contributed by atoms with Crippen molar-refractivity contribution in [2.75, 3.05) is 25.2 Å². The predicted octanol–water partition coefficient (Wildman–Crippen LogP) is 3.57. The van der Waals surface area contributed by atoms with Gasteiger partial charge in [0.15, 0.2) is 0 Å². The summed E-state index contributed by atoms with van der Waals surface area (Å²) in [5.74, 6) is 0.599. The maximum absolute atomic E-state index is 13.7. The average molecular weight is 344 g/mol. The molecule has 1 heterocycles. The maximum atomic E-state index is 13.7. The number of hydrogen-bond donors (Lipinski definition) is 1. The molecule has 1 aliphatic rings. The van der Waals surface area contributed by atoms with Gasteiger partial charge >= 0.3 is 0 Å². The van der Waals surface area contributed by atoms with Crippen LogP contribution >= 0.6 is 0 Å². The quantitative estimate of drug-likeness (QED) is 0.869. The number of rotatable bonds is 6. The molecule has 0 saturated carbocycles. The third kappa shape index (κ3) is 4.71. The zero-order valence-electron chi connectivity index (χ0n) is 15.0. The van der Waals surface area contributed by atoms with Crippen LogP contribution < -0.4 is 15.0 Å². The van der Waals surface area contributed by atoms with Crippen molar-refractivity contribution >= 4 is 5.69 Å². The van der Waals surface area contributed by atoms with Crippen molar-refractivity contribution in [2.24, 2.45) is 0 Å². The molecule has 25 heavy (non-hydrogen) atoms. The van der Waals surface area contributed by atoms with Crippen molar-refractivity contribution < 1.29 is 13.9 Å². The lowest BCUT2D eigenvalue weighted by Gasteiger charge is -2.28. The Balaban J connectivity index is 1.78. The van der Waals surface area contributed by atoms with E-state index in [1.165, 1.54) is 6.07 Å². The lowest BCUT2D eigenvalue weighted by atomic mass is 10.1. The highest BCUT2D eigenvalue weighted by Gasteiger charge is 2.31. The van der Waals surface area contributed by atoms with Gasteiger partial charge in [-0.25, -0.2) is 4.39 Å². The fraction of sp³-hybridized carbons (Fsp3) is 0.400. The second kappa shape index (κ2) is 7.42. The van der Waals surface area contributed by atoms with Crippen LogP contribution in [0.3, 0.4) is 0 Å². The predicted molar refractivity (Wildman–Crippen MR) is 97.4 cm³/mol. The highest BCUT2D eigenvalue weighted by atomic mass is 19.1. The molecule has 0 bridgehead atoms. The van der Waals surface area contributed by atoms with Crippen LogP contribution in [-0.4, -0.2) is 32.0 Å². The molecule has 4 nitrogen and oxygen atoms in total. The van der Waals surface area contributed by atoms with Crippen LogP contribution in [0.4, 0.5) is 10.1 Å². The Bertz CT molecular complexity index is 703. The van der Waals surface area contributed by atoms with Gasteiger partial charge in [-0.05, 0) is 49.7 Å². The fourth-order valence-electron chi connectivity index (χ4n) is 3.13. The van der Waals surface area contributed by atoms with Gasteiger partial charge in [-0.2, -0.15) is 0 Å². The topological polar surface area (TPSA) is 33.7 Å². The monoisotopic (exact) mass is 344 g/mol. The van der Waals surface area contributed by atoms with E-state index in [0.717, 1.165) is 23.5 Å². The number of nitrogens with zero attached hydrogens (tertiary/aromatic N) is 1. The van der Waals surface area contributed by atoms with Crippen LogP contribution in [0.1, 0.15) is 19.4 Å². The van der Waals surface area contributed by atoms with Crippen molar-refractivity contribution in [3.05, 3.63) is 59.9 Å². The van der Waals surface area contributed by atoms with Gasteiger partial charge < -0.3 is 14.4 Å². The number of hydrogen-bond acceptors (Lipinski definition) is 4. The van der Waals surface area contributed by atoms with E-state index in [0.29, 0.717) is 13.2 Å². The summed E-state index contributed by atoms with van der Waals surface area (Å²) < 4.78 is 24.7. The molecule has 134 valence electrons. The van der Waals surface area contributed by atoms with Gasteiger partial charge in [-0.15, -0.1) is 0 Å². The van der Waals surface area contributed by atoms with Crippen molar-refractivity contribution in [3.63, 3.8) is 0 Å². The van der Waals surface area contributed by atoms with Crippen molar-refractivity contribution in [3.8, 4) is 5.75 Å². The molecular formula is C20H25FN2O2. The number of ether oxygens (including phenoxy) is 2. The van der Waals surface area contributed by atoms with Crippen LogP contribution in [0.2, 0.25) is 0 Å². The summed E-state index contributed by atoms with van der Waals surface area (Å²) >= 11 is 0. The van der Waals surface area contributed by atoms with Crippen LogP contribution in [0.25, 0.3) is 0 Å². The minimum absolute atomic E-state index is 0.191. The molecular weight excluding hydrogens is 319 g/mol. The van der Waals surface area contributed by atoms with E-state index >= 15 is 0 Å². The first-order valence-corrected chi connectivity index (χ1v) is 8.50. The first kappa shape index (κ1) is 17.7. The van der Waals surface area contributed by atoms with Gasteiger partial charge in [-0.3, -0.25) is 5.32 Å². The molecule has 2 aromatic rings. The molecule has 2 aromatic carbocycles. The minimum Gasteiger partial charge on any atom is -0.497 e. The Kier molecular flexibility index (Phi) is 5.25. The molecule has 1 N–H and O–H groups in total. The van der Waals surface area contributed by atoms with Crippen LogP contribution in [0, 0.1) is 5.82 Å². The largest absolute Gasteiger partial charge is 0.497 e. The molecule has 1 fully saturated rings. The van der Waals surface area contributed by atoms with E-state index in [2.05, 4.69) is 10.2 Å². The van der Waals surface area contributed by atoms with Crippen molar-refractivity contribution in [1.29, 1.82) is 0 Å². The molecule has 0 amide bonds. The average Bonchev–Trinajstić information content (AvgIpc) is 2.93. The summed E-state index contributed by atoms with van der Waals surface area (Å²) in [6, 6.07) is 14.9. The van der Waals surface area contributed by atoms with Gasteiger partial charge in [0.2, 0.25) is 0 Å². The fourth-order valence-corrected chi connectivity index (χ4v) is 3.13. The van der Waals surface area contributed by atoms with E-state index in [1.54, 1.807) is 19.2 Å². The molecule has 0 aromatic heterocycles. The third-order valence-electron chi connectivity index (χ3n) is 4.34. The summed E-state index contributed by atoms with van der Waals surface area (Å²) in [7, 11) is 1.65. The van der Waals surface area contributed by atoms with Gasteiger partial charge in [0.05, 0.1) is 19.8 Å². The third-order valence-corrected chi connectivity index (χ3v) is 4.34. The molecule has 0 spiro atoms. The Hall–Kier alpha value is -2.11. The Morgan fingerprint density at radius 1 is 1.24 bits per heavy atom. The van der Waals surface area contributed by atoms with E-state index in [-0.39, 0.29) is 17.6 Å². The second-order valence-electron chi connectivity index (χ2n) is 6.87. The van der Waals surface area contributed by atoms with Gasteiger partial charge in [-0.1, -0.05) is 18.2 Å². The number of anilines is 1. The van der Waals surface area contributed by atoms with Gasteiger partial charge in [0.25, 0.3) is 0 Å². The molecule has 3 rings (SSSR count). The summed E-state index contributed by atoms with van der Waals surface area (Å²) in [6.45, 7) is 6.10. The highest BCUT2D eigenvalue weighted by molar-refractivity contribution is 5.47. The molecule has 1 atom stereocenters. The summed E-state index contributed by atoms with van der Waals surface area (Å²) in [5.41, 5.74) is 1.68. The SMILES string of the molecule is COc1ccc(CN(C[C@H]2COC(C)(C)N2)c2cccc(F)c2)cc1. The number of halogens is 1. The Morgan fingerprint density at radius 3 is 2.60 bits per heavy atom. The summed E-state index contributed by atoms with van der Waals surface area (Å²) in [4.78, 5) is 2.17. The van der Waals surface area contributed by atoms with Crippen LogP contribution in [-0.2, 0) is 11.3 Å². The number of methoxy groups -OCH3 is 1. The molecule has 1 saturated heterocycles. The Morgan fingerprint density at radius 2 is 2.00 bits per heavy atom. The van der Waals surface area contributed by atoms with Crippen molar-refractivity contribution in [1.82, 2.24) is 5.32 Å². The zero-order chi connectivity index (χ0) is 17.9. The summed E-state index contributed by atoms with van der Waals surface area (Å²) in [5, 5.41) is 3.47. The van der Waals surface area contributed by atoms with E-state index < -0.39 is 0 Å². The Labute approximate surface area is 148 Å². The second-order valence-corrected chi connectivity index (χ2v) is 6.87. The maximum Gasteiger partial charge on any atom is 0.125 e. The van der Waals surface area contributed by atoms with Gasteiger partial charge in [0.1, 0.15) is 17.3 Å². The minimum atomic E-state index is -0.321. The number of benzene rings is 2. The molecule has 0 aliphatic carbocycles. The zero-order valence-corrected chi connectivity index (χ0v) is 15.0. The van der Waals surface area contributed by atoms with Gasteiger partial charge in [0, 0.05) is 18.8 Å². The van der Waals surface area contributed by atoms with Crippen LogP contribution in [0.5, 0.6) is 5.75 Å². The molecule has 1 aliphatic heterocycles.